The van der Waals surface area contributed by atoms with Crippen LogP contribution in [0.2, 0.25) is 0 Å². The maximum absolute atomic E-state index is 4.93. The number of ether oxygens (including phenoxy) is 3. The van der Waals surface area contributed by atoms with E-state index in [-0.39, 0.29) is 0 Å². The van der Waals surface area contributed by atoms with Gasteiger partial charge in [-0.2, -0.15) is 0 Å². The average Bonchev–Trinajstić information content (AvgIpc) is 2.00. The molecule has 0 saturated heterocycles. The van der Waals surface area contributed by atoms with E-state index in [9.17, 15) is 0 Å². The third-order valence-electron chi connectivity index (χ3n) is 1.10. The fourth-order valence-electron chi connectivity index (χ4n) is 0.328. The van der Waals surface area contributed by atoms with Gasteiger partial charge in [0.2, 0.25) is 0 Å². The van der Waals surface area contributed by atoms with Crippen molar-refractivity contribution in [3.63, 3.8) is 0 Å². The van der Waals surface area contributed by atoms with E-state index < -0.39 is 5.97 Å². The maximum Gasteiger partial charge on any atom is 0.323 e. The molecule has 3 heteroatoms. The molecule has 0 fully saturated rings. The van der Waals surface area contributed by atoms with Crippen LogP contribution in [0.25, 0.3) is 0 Å². The molecule has 58 valence electrons. The van der Waals surface area contributed by atoms with E-state index in [4.69, 9.17) is 14.2 Å². The molecule has 0 unspecified atom stereocenters. The Hall–Kier alpha value is -0.760. The first-order valence-electron chi connectivity index (χ1n) is 2.81. The molecular weight excluding hydrogens is 132 g/mol. The Morgan fingerprint density at radius 1 is 1.40 bits per heavy atom. The van der Waals surface area contributed by atoms with Gasteiger partial charge < -0.3 is 14.2 Å². The van der Waals surface area contributed by atoms with Crippen molar-refractivity contribution in [3.8, 4) is 0 Å². The summed E-state index contributed by atoms with van der Waals surface area (Å²) in [5.74, 6) is -1.02. The summed E-state index contributed by atoms with van der Waals surface area (Å²) in [6, 6.07) is 0. The van der Waals surface area contributed by atoms with E-state index in [0.717, 1.165) is 0 Å². The van der Waals surface area contributed by atoms with E-state index in [1.807, 2.05) is 0 Å². The van der Waals surface area contributed by atoms with Crippen LogP contribution in [-0.4, -0.2) is 20.2 Å². The molecule has 0 heterocycles. The quantitative estimate of drug-likeness (QED) is 0.338. The van der Waals surface area contributed by atoms with Gasteiger partial charge in [-0.25, -0.2) is 0 Å². The normalized spacial score (nSPS) is 10.3. The fraction of sp³-hybridized carbons (Fsp3) is 0.571. The fourth-order valence-corrected chi connectivity index (χ4v) is 0.328. The Bertz CT molecular complexity index is 132. The third-order valence-corrected chi connectivity index (χ3v) is 1.10. The summed E-state index contributed by atoms with van der Waals surface area (Å²) >= 11 is 0. The van der Waals surface area contributed by atoms with Crippen LogP contribution in [0.15, 0.2) is 18.6 Å². The zero-order chi connectivity index (χ0) is 8.04. The van der Waals surface area contributed by atoms with E-state index in [0.29, 0.717) is 0 Å². The monoisotopic (exact) mass is 144 g/mol. The molecule has 0 aliphatic carbocycles. The Balaban J connectivity index is 3.92. The van der Waals surface area contributed by atoms with E-state index >= 15 is 0 Å². The predicted molar refractivity (Wildman–Crippen MR) is 37.2 cm³/mol. The highest BCUT2D eigenvalue weighted by Crippen LogP contribution is 2.10. The summed E-state index contributed by atoms with van der Waals surface area (Å²) < 4.78 is 14.6. The molecule has 0 amide bonds. The van der Waals surface area contributed by atoms with Crippen LogP contribution in [0, 0.1) is 0 Å². The number of hydrogen-bond acceptors (Lipinski definition) is 3. The molecule has 0 saturated carbocycles. The van der Waals surface area contributed by atoms with Crippen molar-refractivity contribution < 1.29 is 14.2 Å². The van der Waals surface area contributed by atoms with Crippen molar-refractivity contribution in [3.05, 3.63) is 18.6 Å². The van der Waals surface area contributed by atoms with Crippen LogP contribution in [0.1, 0.15) is 6.92 Å². The highest BCUT2D eigenvalue weighted by molar-refractivity contribution is 4.66. The standard InChI is InChI=1S/C7H12O3/c1-5-6-10-7(2,8-3)9-4/h6H,1H2,2-4H3. The molecule has 0 N–H and O–H groups in total. The van der Waals surface area contributed by atoms with Crippen molar-refractivity contribution in [2.75, 3.05) is 14.2 Å². The molecule has 0 bridgehead atoms. The lowest BCUT2D eigenvalue weighted by molar-refractivity contribution is -0.328. The van der Waals surface area contributed by atoms with Gasteiger partial charge in [0, 0.05) is 21.1 Å². The van der Waals surface area contributed by atoms with Gasteiger partial charge in [-0.05, 0) is 0 Å². The molecule has 0 aliphatic heterocycles. The Morgan fingerprint density at radius 2 is 1.90 bits per heavy atom. The van der Waals surface area contributed by atoms with Gasteiger partial charge in [-0.3, -0.25) is 0 Å². The minimum absolute atomic E-state index is 1.02. The Labute approximate surface area is 60.9 Å². The van der Waals surface area contributed by atoms with E-state index in [1.165, 1.54) is 20.5 Å². The second-order valence-electron chi connectivity index (χ2n) is 1.71. The van der Waals surface area contributed by atoms with Crippen LogP contribution in [0.5, 0.6) is 0 Å². The zero-order valence-electron chi connectivity index (χ0n) is 6.51. The summed E-state index contributed by atoms with van der Waals surface area (Å²) in [4.78, 5) is 0. The summed E-state index contributed by atoms with van der Waals surface area (Å²) in [7, 11) is 2.97. The van der Waals surface area contributed by atoms with Gasteiger partial charge in [0.15, 0.2) is 0 Å². The Morgan fingerprint density at radius 3 is 2.20 bits per heavy atom. The predicted octanol–water partition coefficient (Wildman–Crippen LogP) is 1.27. The lowest BCUT2D eigenvalue weighted by Crippen LogP contribution is -2.31. The minimum Gasteiger partial charge on any atom is -0.439 e. The molecule has 0 radical (unpaired) electrons. The van der Waals surface area contributed by atoms with Crippen LogP contribution in [-0.2, 0) is 14.2 Å². The molecule has 0 spiro atoms. The van der Waals surface area contributed by atoms with Gasteiger partial charge in [-0.15, -0.1) is 0 Å². The smallest absolute Gasteiger partial charge is 0.323 e. The van der Waals surface area contributed by atoms with Gasteiger partial charge in [0.1, 0.15) is 6.26 Å². The van der Waals surface area contributed by atoms with Crippen molar-refractivity contribution >= 4 is 0 Å². The molecule has 0 aromatic rings. The van der Waals surface area contributed by atoms with Gasteiger partial charge in [0.05, 0.1) is 0 Å². The van der Waals surface area contributed by atoms with Crippen LogP contribution in [0.3, 0.4) is 0 Å². The molecule has 0 aliphatic rings. The minimum atomic E-state index is -1.02. The summed E-state index contributed by atoms with van der Waals surface area (Å²) in [6.07, 6.45) is 1.28. The largest absolute Gasteiger partial charge is 0.439 e. The topological polar surface area (TPSA) is 27.7 Å². The first kappa shape index (κ1) is 9.24. The molecule has 0 aromatic carbocycles. The lowest BCUT2D eigenvalue weighted by atomic mass is 10.6. The summed E-state index contributed by atoms with van der Waals surface area (Å²) in [5, 5.41) is 0. The highest BCUT2D eigenvalue weighted by Gasteiger charge is 2.22. The van der Waals surface area contributed by atoms with Crippen molar-refractivity contribution in [1.82, 2.24) is 0 Å². The van der Waals surface area contributed by atoms with Gasteiger partial charge in [-0.1, -0.05) is 12.3 Å². The second-order valence-corrected chi connectivity index (χ2v) is 1.71. The van der Waals surface area contributed by atoms with Crippen LogP contribution >= 0.6 is 0 Å². The van der Waals surface area contributed by atoms with Crippen LogP contribution in [0.4, 0.5) is 0 Å². The number of hydrogen-bond donors (Lipinski definition) is 0. The summed E-state index contributed by atoms with van der Waals surface area (Å²) in [6.45, 7) is 4.96. The summed E-state index contributed by atoms with van der Waals surface area (Å²) in [5.41, 5.74) is 2.43. The maximum atomic E-state index is 4.93. The average molecular weight is 144 g/mol. The SMILES string of the molecule is C=C=COC(C)(OC)OC. The zero-order valence-corrected chi connectivity index (χ0v) is 6.51. The van der Waals surface area contributed by atoms with Crippen molar-refractivity contribution in [1.29, 1.82) is 0 Å². The van der Waals surface area contributed by atoms with Gasteiger partial charge >= 0.3 is 5.97 Å². The molecule has 3 nitrogen and oxygen atoms in total. The van der Waals surface area contributed by atoms with Crippen molar-refractivity contribution in [2.45, 2.75) is 12.9 Å². The lowest BCUT2D eigenvalue weighted by Gasteiger charge is -2.23. The van der Waals surface area contributed by atoms with Crippen molar-refractivity contribution in [2.24, 2.45) is 0 Å². The highest BCUT2D eigenvalue weighted by atomic mass is 16.9. The van der Waals surface area contributed by atoms with Gasteiger partial charge in [0.25, 0.3) is 0 Å². The molecule has 0 rings (SSSR count). The molecule has 10 heavy (non-hydrogen) atoms. The Kier molecular flexibility index (Phi) is 3.81. The van der Waals surface area contributed by atoms with E-state index in [2.05, 4.69) is 12.3 Å². The first-order chi connectivity index (χ1) is 4.68. The molecule has 0 aromatic heterocycles. The van der Waals surface area contributed by atoms with E-state index in [1.54, 1.807) is 6.92 Å². The van der Waals surface area contributed by atoms with Crippen LogP contribution < -0.4 is 0 Å². The second kappa shape index (κ2) is 4.12. The number of methoxy groups -OCH3 is 2. The molecule has 0 atom stereocenters. The number of rotatable bonds is 4. The molecular formula is C7H12O3. The first-order valence-corrected chi connectivity index (χ1v) is 2.81. The third kappa shape index (κ3) is 2.69.